The maximum Gasteiger partial charge on any atom is 0.152 e. The molecule has 0 heterocycles. The van der Waals surface area contributed by atoms with Crippen molar-refractivity contribution >= 4 is 17.3 Å². The zero-order valence-electron chi connectivity index (χ0n) is 11.6. The van der Waals surface area contributed by atoms with E-state index in [9.17, 15) is 0 Å². The highest BCUT2D eigenvalue weighted by Crippen LogP contribution is 1.99. The Labute approximate surface area is 123 Å². The maximum atomic E-state index is 8.88. The van der Waals surface area contributed by atoms with Crippen LogP contribution in [-0.2, 0) is 0 Å². The average molecular weight is 275 g/mol. The van der Waals surface area contributed by atoms with E-state index in [1.165, 1.54) is 38.4 Å². The van der Waals surface area contributed by atoms with Gasteiger partial charge in [-0.2, -0.15) is 15.8 Å². The Hall–Kier alpha value is -3.52. The molecule has 0 aliphatic heterocycles. The van der Waals surface area contributed by atoms with Crippen LogP contribution in [0.4, 0.5) is 0 Å². The topological polar surface area (TPSA) is 118 Å². The lowest BCUT2D eigenvalue weighted by Crippen LogP contribution is -1.97. The molecule has 0 aliphatic carbocycles. The highest BCUT2D eigenvalue weighted by Gasteiger charge is 2.01. The summed E-state index contributed by atoms with van der Waals surface area (Å²) in [6, 6.07) is 5.48. The Morgan fingerprint density at radius 2 is 1.52 bits per heavy atom. The van der Waals surface area contributed by atoms with Gasteiger partial charge < -0.3 is 5.41 Å². The van der Waals surface area contributed by atoms with Gasteiger partial charge in [0.2, 0.25) is 0 Å². The van der Waals surface area contributed by atoms with Crippen LogP contribution < -0.4 is 0 Å². The van der Waals surface area contributed by atoms with Crippen molar-refractivity contribution in [2.24, 2.45) is 9.98 Å². The molecule has 0 unspecified atom stereocenters. The van der Waals surface area contributed by atoms with Crippen molar-refractivity contribution in [1.29, 1.82) is 15.8 Å². The lowest BCUT2D eigenvalue weighted by Gasteiger charge is -1.94. The van der Waals surface area contributed by atoms with Gasteiger partial charge in [0.15, 0.2) is 5.71 Å². The van der Waals surface area contributed by atoms with Gasteiger partial charge in [-0.3, -0.25) is 15.9 Å². The van der Waals surface area contributed by atoms with Gasteiger partial charge in [0, 0.05) is 19.7 Å². The van der Waals surface area contributed by atoms with Gasteiger partial charge in [-0.15, -0.1) is 0 Å². The van der Waals surface area contributed by atoms with E-state index >= 15 is 0 Å². The van der Waals surface area contributed by atoms with Crippen molar-refractivity contribution < 1.29 is 0 Å². The fraction of sp³-hybridized carbons (Fsp3) is 0.133. The lowest BCUT2D eigenvalue weighted by molar-refractivity contribution is 1.42. The fourth-order valence-corrected chi connectivity index (χ4v) is 1.17. The molecule has 0 saturated heterocycles. The number of nitrogens with zero attached hydrogens (tertiary/aromatic N) is 6. The summed E-state index contributed by atoms with van der Waals surface area (Å²) in [5, 5.41) is 35.3. The van der Waals surface area contributed by atoms with E-state index in [1.54, 1.807) is 6.08 Å². The molecule has 0 spiro atoms. The Balaban J connectivity index is 5.09. The second-order valence-electron chi connectivity index (χ2n) is 3.33. The van der Waals surface area contributed by atoms with Crippen LogP contribution in [0.2, 0.25) is 0 Å². The molecule has 0 bridgehead atoms. The highest BCUT2D eigenvalue weighted by molar-refractivity contribution is 6.18. The van der Waals surface area contributed by atoms with E-state index in [0.29, 0.717) is 0 Å². The van der Waals surface area contributed by atoms with E-state index in [0.717, 1.165) is 0 Å². The number of allylic oxidation sites excluding steroid dienone is 7. The summed E-state index contributed by atoms with van der Waals surface area (Å²) in [7, 11) is 2.85. The summed E-state index contributed by atoms with van der Waals surface area (Å²) in [6.07, 6.45) is 7.48. The van der Waals surface area contributed by atoms with Gasteiger partial charge in [0.05, 0.1) is 5.57 Å². The fourth-order valence-electron chi connectivity index (χ4n) is 1.17. The van der Waals surface area contributed by atoms with Gasteiger partial charge in [0.1, 0.15) is 23.9 Å². The molecular formula is C15H11N6-. The van der Waals surface area contributed by atoms with Gasteiger partial charge in [-0.1, -0.05) is 18.2 Å². The predicted molar refractivity (Wildman–Crippen MR) is 81.8 cm³/mol. The smallest absolute Gasteiger partial charge is 0.152 e. The molecule has 6 heteroatoms. The van der Waals surface area contributed by atoms with Gasteiger partial charge >= 0.3 is 0 Å². The molecule has 0 aromatic heterocycles. The second kappa shape index (κ2) is 10.4. The Bertz CT molecular complexity index is 705. The van der Waals surface area contributed by atoms with E-state index < -0.39 is 0 Å². The van der Waals surface area contributed by atoms with Gasteiger partial charge in [0.25, 0.3) is 0 Å². The number of hydrogen-bond acceptors (Lipinski definition) is 5. The quantitative estimate of drug-likeness (QED) is 0.433. The van der Waals surface area contributed by atoms with E-state index in [1.807, 2.05) is 24.1 Å². The first kappa shape index (κ1) is 17.5. The van der Waals surface area contributed by atoms with Crippen LogP contribution in [0.15, 0.2) is 51.5 Å². The SMILES string of the molecule is CN=C(C#N)C(=C=[N-])C=CC=CC=C(C#N)C(C#N)=NC. The van der Waals surface area contributed by atoms with E-state index in [-0.39, 0.29) is 22.6 Å². The summed E-state index contributed by atoms with van der Waals surface area (Å²) in [4.78, 5) is 7.35. The number of nitriles is 3. The van der Waals surface area contributed by atoms with Crippen molar-refractivity contribution in [2.45, 2.75) is 0 Å². The zero-order valence-corrected chi connectivity index (χ0v) is 11.6. The van der Waals surface area contributed by atoms with Crippen LogP contribution in [0.5, 0.6) is 0 Å². The molecular weight excluding hydrogens is 264 g/mol. The van der Waals surface area contributed by atoms with Crippen LogP contribution in [0.25, 0.3) is 5.41 Å². The van der Waals surface area contributed by atoms with E-state index in [4.69, 9.17) is 21.2 Å². The largest absolute Gasteiger partial charge is 0.763 e. The minimum atomic E-state index is 0.0419. The van der Waals surface area contributed by atoms with Crippen LogP contribution in [0, 0.1) is 34.0 Å². The Morgan fingerprint density at radius 3 is 1.95 bits per heavy atom. The monoisotopic (exact) mass is 275 g/mol. The normalized spacial score (nSPS) is 12.6. The number of hydrogen-bond donors (Lipinski definition) is 0. The molecule has 0 amide bonds. The third-order valence-electron chi connectivity index (χ3n) is 2.16. The zero-order chi connectivity index (χ0) is 16.1. The standard InChI is InChI=1S/C15H11N6/c1-20-14(10-18)12(8-16)6-4-3-5-7-13(9-17)15(11-19)21-2/h3-7H,1-2H3/q-1. The van der Waals surface area contributed by atoms with Crippen LogP contribution in [0.3, 0.4) is 0 Å². The van der Waals surface area contributed by atoms with Crippen LogP contribution in [0.1, 0.15) is 0 Å². The van der Waals surface area contributed by atoms with Crippen molar-refractivity contribution in [3.63, 3.8) is 0 Å². The van der Waals surface area contributed by atoms with Crippen molar-refractivity contribution in [1.82, 2.24) is 0 Å². The summed E-state index contributed by atoms with van der Waals surface area (Å²) in [5.41, 5.74) is 0.365. The highest BCUT2D eigenvalue weighted by atomic mass is 14.7. The summed E-state index contributed by atoms with van der Waals surface area (Å²) in [6.45, 7) is 0. The Kier molecular flexibility index (Phi) is 8.66. The minimum Gasteiger partial charge on any atom is -0.763 e. The molecule has 102 valence electrons. The molecule has 0 radical (unpaired) electrons. The minimum absolute atomic E-state index is 0.0419. The molecule has 0 N–H and O–H groups in total. The molecule has 0 saturated carbocycles. The maximum absolute atomic E-state index is 8.88. The third kappa shape index (κ3) is 5.77. The van der Waals surface area contributed by atoms with Crippen molar-refractivity contribution in [2.75, 3.05) is 14.1 Å². The molecule has 0 aliphatic rings. The lowest BCUT2D eigenvalue weighted by atomic mass is 10.1. The first-order chi connectivity index (χ1) is 10.2. The van der Waals surface area contributed by atoms with Crippen LogP contribution in [-0.4, -0.2) is 31.4 Å². The number of rotatable bonds is 5. The molecule has 21 heavy (non-hydrogen) atoms. The predicted octanol–water partition coefficient (Wildman–Crippen LogP) is 1.90. The van der Waals surface area contributed by atoms with Crippen LogP contribution >= 0.6 is 0 Å². The summed E-state index contributed by atoms with van der Waals surface area (Å²) >= 11 is 0. The molecule has 6 nitrogen and oxygen atoms in total. The first-order valence-corrected chi connectivity index (χ1v) is 5.65. The molecule has 0 aromatic rings. The molecule has 0 aromatic carbocycles. The molecule has 0 rings (SSSR count). The number of aliphatic imine (C=N–C) groups is 2. The second-order valence-corrected chi connectivity index (χ2v) is 3.33. The summed E-state index contributed by atoms with van der Waals surface area (Å²) < 4.78 is 0. The van der Waals surface area contributed by atoms with Crippen molar-refractivity contribution in [3.8, 4) is 18.2 Å². The first-order valence-electron chi connectivity index (χ1n) is 5.65. The molecule has 0 atom stereocenters. The average Bonchev–Trinajstić information content (AvgIpc) is 2.52. The molecule has 0 fully saturated rings. The Morgan fingerprint density at radius 1 is 0.905 bits per heavy atom. The van der Waals surface area contributed by atoms with Gasteiger partial charge in [-0.25, -0.2) is 0 Å². The van der Waals surface area contributed by atoms with Crippen molar-refractivity contribution in [3.05, 3.63) is 46.9 Å². The van der Waals surface area contributed by atoms with Gasteiger partial charge in [-0.05, 0) is 12.2 Å². The summed E-state index contributed by atoms with van der Waals surface area (Å²) in [5.74, 6) is 1.86. The van der Waals surface area contributed by atoms with E-state index in [2.05, 4.69) is 9.98 Å². The third-order valence-corrected chi connectivity index (χ3v) is 2.16.